The van der Waals surface area contributed by atoms with Crippen molar-refractivity contribution in [3.05, 3.63) is 77.6 Å². The van der Waals surface area contributed by atoms with Gasteiger partial charge in [0.05, 0.1) is 0 Å². The minimum absolute atomic E-state index is 0.293. The number of halogens is 1. The Bertz CT molecular complexity index is 941. The van der Waals surface area contributed by atoms with Crippen molar-refractivity contribution in [1.82, 2.24) is 10.2 Å². The number of hydrogen-bond donors (Lipinski definition) is 1. The zero-order valence-electron chi connectivity index (χ0n) is 14.2. The average molecular weight is 348 g/mol. The van der Waals surface area contributed by atoms with E-state index >= 15 is 0 Å². The number of amides is 1. The van der Waals surface area contributed by atoms with Gasteiger partial charge in [0.25, 0.3) is 5.91 Å². The Balaban J connectivity index is 1.52. The fourth-order valence-corrected chi connectivity index (χ4v) is 3.22. The second kappa shape index (κ2) is 6.55. The first kappa shape index (κ1) is 16.2. The summed E-state index contributed by atoms with van der Waals surface area (Å²) in [5, 5.41) is 11.1. The third-order valence-electron chi connectivity index (χ3n) is 4.45. The Morgan fingerprint density at radius 3 is 2.58 bits per heavy atom. The first-order valence-corrected chi connectivity index (χ1v) is 8.39. The molecule has 3 aromatic rings. The Hall–Kier alpha value is -3.28. The number of rotatable bonds is 3. The molecule has 0 saturated carbocycles. The van der Waals surface area contributed by atoms with Crippen LogP contribution in [-0.2, 0) is 6.42 Å². The van der Waals surface area contributed by atoms with Crippen molar-refractivity contribution in [1.29, 1.82) is 0 Å². The molecule has 0 saturated heterocycles. The zero-order valence-corrected chi connectivity index (χ0v) is 14.2. The Morgan fingerprint density at radius 2 is 1.85 bits per heavy atom. The van der Waals surface area contributed by atoms with E-state index < -0.39 is 0 Å². The van der Waals surface area contributed by atoms with E-state index in [0.717, 1.165) is 17.9 Å². The van der Waals surface area contributed by atoms with Crippen LogP contribution in [0.5, 0.6) is 0 Å². The molecule has 0 aliphatic carbocycles. The first-order chi connectivity index (χ1) is 12.6. The third kappa shape index (κ3) is 3.01. The van der Waals surface area contributed by atoms with E-state index in [1.807, 2.05) is 18.2 Å². The van der Waals surface area contributed by atoms with E-state index in [1.54, 1.807) is 6.07 Å². The smallest absolute Gasteiger partial charge is 0.256 e. The van der Waals surface area contributed by atoms with Crippen molar-refractivity contribution in [3.8, 4) is 0 Å². The minimum Gasteiger partial charge on any atom is -0.321 e. The average Bonchev–Trinajstić information content (AvgIpc) is 2.99. The number of benzene rings is 2. The van der Waals surface area contributed by atoms with Crippen molar-refractivity contribution in [2.24, 2.45) is 0 Å². The quantitative estimate of drug-likeness (QED) is 0.779. The molecular formula is C20H17FN4O. The SMILES string of the molecule is CC1Cc2ccccc2N1c1ccc(NC(=O)c2ccc(F)cc2)nn1. The Labute approximate surface area is 150 Å². The topological polar surface area (TPSA) is 58.1 Å². The van der Waals surface area contributed by atoms with Gasteiger partial charge >= 0.3 is 0 Å². The highest BCUT2D eigenvalue weighted by Gasteiger charge is 2.27. The highest BCUT2D eigenvalue weighted by molar-refractivity contribution is 6.03. The lowest BCUT2D eigenvalue weighted by Gasteiger charge is -2.23. The first-order valence-electron chi connectivity index (χ1n) is 8.39. The monoisotopic (exact) mass is 348 g/mol. The number of nitrogens with one attached hydrogen (secondary N) is 1. The van der Waals surface area contributed by atoms with Crippen LogP contribution >= 0.6 is 0 Å². The highest BCUT2D eigenvalue weighted by atomic mass is 19.1. The molecule has 1 atom stereocenters. The Kier molecular flexibility index (Phi) is 4.08. The summed E-state index contributed by atoms with van der Waals surface area (Å²) < 4.78 is 12.9. The summed E-state index contributed by atoms with van der Waals surface area (Å²) >= 11 is 0. The van der Waals surface area contributed by atoms with Crippen molar-refractivity contribution in [3.63, 3.8) is 0 Å². The molecule has 130 valence electrons. The molecule has 26 heavy (non-hydrogen) atoms. The van der Waals surface area contributed by atoms with Gasteiger partial charge in [-0.3, -0.25) is 4.79 Å². The zero-order chi connectivity index (χ0) is 18.1. The summed E-state index contributed by atoms with van der Waals surface area (Å²) in [7, 11) is 0. The fourth-order valence-electron chi connectivity index (χ4n) is 3.22. The number of carbonyl (C=O) groups is 1. The number of para-hydroxylation sites is 1. The van der Waals surface area contributed by atoms with Crippen LogP contribution in [0.25, 0.3) is 0 Å². The van der Waals surface area contributed by atoms with Gasteiger partial charge in [-0.2, -0.15) is 0 Å². The molecule has 0 fully saturated rings. The molecule has 1 N–H and O–H groups in total. The van der Waals surface area contributed by atoms with E-state index in [0.29, 0.717) is 17.4 Å². The fraction of sp³-hybridized carbons (Fsp3) is 0.150. The lowest BCUT2D eigenvalue weighted by atomic mass is 10.1. The van der Waals surface area contributed by atoms with Gasteiger partial charge in [0.1, 0.15) is 5.82 Å². The van der Waals surface area contributed by atoms with Crippen molar-refractivity contribution >= 4 is 23.2 Å². The number of anilines is 3. The molecule has 2 aromatic carbocycles. The van der Waals surface area contributed by atoms with E-state index in [4.69, 9.17) is 0 Å². The summed E-state index contributed by atoms with van der Waals surface area (Å²) in [5.74, 6) is 0.350. The van der Waals surface area contributed by atoms with E-state index in [9.17, 15) is 9.18 Å². The van der Waals surface area contributed by atoms with Gasteiger partial charge in [-0.1, -0.05) is 18.2 Å². The number of hydrogen-bond acceptors (Lipinski definition) is 4. The van der Waals surface area contributed by atoms with Crippen LogP contribution in [0.2, 0.25) is 0 Å². The van der Waals surface area contributed by atoms with E-state index in [-0.39, 0.29) is 11.7 Å². The van der Waals surface area contributed by atoms with E-state index in [1.165, 1.54) is 29.8 Å². The molecule has 4 rings (SSSR count). The molecule has 1 aliphatic heterocycles. The number of carbonyl (C=O) groups excluding carboxylic acids is 1. The standard InChI is InChI=1S/C20H17FN4O/c1-13-12-15-4-2-3-5-17(15)25(13)19-11-10-18(23-24-19)22-20(26)14-6-8-16(21)9-7-14/h2-11,13H,12H2,1H3,(H,22,23,26). The predicted molar refractivity (Wildman–Crippen MR) is 98.1 cm³/mol. The number of aromatic nitrogens is 2. The molecule has 0 spiro atoms. The number of fused-ring (bicyclic) bond motifs is 1. The maximum absolute atomic E-state index is 12.9. The lowest BCUT2D eigenvalue weighted by molar-refractivity contribution is 0.102. The molecule has 1 unspecified atom stereocenters. The molecule has 1 amide bonds. The molecular weight excluding hydrogens is 331 g/mol. The number of nitrogens with zero attached hydrogens (tertiary/aromatic N) is 3. The summed E-state index contributed by atoms with van der Waals surface area (Å²) in [6, 6.07) is 17.4. The molecule has 1 aromatic heterocycles. The van der Waals surface area contributed by atoms with Crippen LogP contribution in [0.3, 0.4) is 0 Å². The van der Waals surface area contributed by atoms with Gasteiger partial charge in [0, 0.05) is 17.3 Å². The largest absolute Gasteiger partial charge is 0.321 e. The predicted octanol–water partition coefficient (Wildman–Crippen LogP) is 3.95. The summed E-state index contributed by atoms with van der Waals surface area (Å²) in [4.78, 5) is 14.3. The lowest BCUT2D eigenvalue weighted by Crippen LogP contribution is -2.25. The minimum atomic E-state index is -0.384. The second-order valence-electron chi connectivity index (χ2n) is 6.29. The third-order valence-corrected chi connectivity index (χ3v) is 4.45. The van der Waals surface area contributed by atoms with Crippen LogP contribution < -0.4 is 10.2 Å². The molecule has 6 heteroatoms. The molecule has 5 nitrogen and oxygen atoms in total. The van der Waals surface area contributed by atoms with Crippen molar-refractivity contribution in [2.75, 3.05) is 10.2 Å². The molecule has 2 heterocycles. The van der Waals surface area contributed by atoms with Crippen LogP contribution in [0.4, 0.5) is 21.7 Å². The van der Waals surface area contributed by atoms with Gasteiger partial charge in [-0.05, 0) is 61.4 Å². The van der Waals surface area contributed by atoms with Crippen LogP contribution in [0.15, 0.2) is 60.7 Å². The summed E-state index contributed by atoms with van der Waals surface area (Å²) in [5.41, 5.74) is 2.78. The normalized spacial score (nSPS) is 15.6. The Morgan fingerprint density at radius 1 is 1.08 bits per heavy atom. The van der Waals surface area contributed by atoms with E-state index in [2.05, 4.69) is 39.5 Å². The van der Waals surface area contributed by atoms with Gasteiger partial charge in [-0.25, -0.2) is 4.39 Å². The van der Waals surface area contributed by atoms with Gasteiger partial charge in [0.2, 0.25) is 0 Å². The molecule has 0 radical (unpaired) electrons. The van der Waals surface area contributed by atoms with Crippen LogP contribution in [0.1, 0.15) is 22.8 Å². The van der Waals surface area contributed by atoms with Gasteiger partial charge in [-0.15, -0.1) is 10.2 Å². The maximum Gasteiger partial charge on any atom is 0.256 e. The van der Waals surface area contributed by atoms with Crippen LogP contribution in [-0.4, -0.2) is 22.1 Å². The second-order valence-corrected chi connectivity index (χ2v) is 6.29. The molecule has 0 bridgehead atoms. The van der Waals surface area contributed by atoms with Crippen molar-refractivity contribution < 1.29 is 9.18 Å². The van der Waals surface area contributed by atoms with Crippen molar-refractivity contribution in [2.45, 2.75) is 19.4 Å². The van der Waals surface area contributed by atoms with Gasteiger partial charge in [0.15, 0.2) is 11.6 Å². The van der Waals surface area contributed by atoms with Gasteiger partial charge < -0.3 is 10.2 Å². The molecule has 1 aliphatic rings. The summed E-state index contributed by atoms with van der Waals surface area (Å²) in [6.07, 6.45) is 0.959. The maximum atomic E-state index is 12.9. The highest BCUT2D eigenvalue weighted by Crippen LogP contribution is 2.36. The van der Waals surface area contributed by atoms with Crippen LogP contribution in [0, 0.1) is 5.82 Å². The summed E-state index contributed by atoms with van der Waals surface area (Å²) in [6.45, 7) is 2.14.